The maximum atomic E-state index is 11.4. The molecule has 1 heterocycles. The molecule has 1 aliphatic carbocycles. The molecule has 1 saturated heterocycles. The fourth-order valence-electron chi connectivity index (χ4n) is 2.19. The van der Waals surface area contributed by atoms with Gasteiger partial charge in [-0.25, -0.2) is 0 Å². The van der Waals surface area contributed by atoms with Crippen molar-refractivity contribution in [1.82, 2.24) is 10.2 Å². The van der Waals surface area contributed by atoms with E-state index in [9.17, 15) is 4.79 Å². The molecule has 3 N–H and O–H groups in total. The second kappa shape index (κ2) is 5.64. The molecule has 2 fully saturated rings. The Labute approximate surface area is 97.6 Å². The number of hydrogen-bond acceptors (Lipinski definition) is 3. The largest absolute Gasteiger partial charge is 0.355 e. The predicted octanol–water partition coefficient (Wildman–Crippen LogP) is 0.326. The van der Waals surface area contributed by atoms with E-state index in [1.165, 1.54) is 12.8 Å². The Bertz CT molecular complexity index is 232. The molecule has 2 aliphatic rings. The number of piperidine rings is 1. The van der Waals surface area contributed by atoms with Crippen LogP contribution < -0.4 is 11.1 Å². The van der Waals surface area contributed by atoms with Crippen LogP contribution in [0, 0.1) is 5.92 Å². The molecule has 1 saturated carbocycles. The number of rotatable bonds is 5. The fraction of sp³-hybridized carbons (Fsp3) is 0.917. The minimum atomic E-state index is 0.233. The lowest BCUT2D eigenvalue weighted by atomic mass is 10.1. The highest BCUT2D eigenvalue weighted by atomic mass is 16.1. The maximum absolute atomic E-state index is 11.4. The van der Waals surface area contributed by atoms with Crippen molar-refractivity contribution in [3.63, 3.8) is 0 Å². The molecule has 92 valence electrons. The molecular weight excluding hydrogens is 202 g/mol. The summed E-state index contributed by atoms with van der Waals surface area (Å²) in [5.41, 5.74) is 5.84. The molecule has 0 bridgehead atoms. The summed E-state index contributed by atoms with van der Waals surface area (Å²) in [7, 11) is 0. The molecule has 0 radical (unpaired) electrons. The van der Waals surface area contributed by atoms with Crippen molar-refractivity contribution in [2.75, 3.05) is 26.2 Å². The van der Waals surface area contributed by atoms with Crippen molar-refractivity contribution < 1.29 is 4.79 Å². The van der Waals surface area contributed by atoms with E-state index < -0.39 is 0 Å². The molecule has 2 rings (SSSR count). The van der Waals surface area contributed by atoms with Gasteiger partial charge in [-0.15, -0.1) is 0 Å². The van der Waals surface area contributed by atoms with Gasteiger partial charge in [0.2, 0.25) is 5.91 Å². The average molecular weight is 225 g/mol. The van der Waals surface area contributed by atoms with Crippen LogP contribution in [0.5, 0.6) is 0 Å². The first-order valence-electron chi connectivity index (χ1n) is 6.48. The van der Waals surface area contributed by atoms with Gasteiger partial charge >= 0.3 is 0 Å². The first-order valence-corrected chi connectivity index (χ1v) is 6.48. The Hall–Kier alpha value is -0.610. The first-order chi connectivity index (χ1) is 7.74. The van der Waals surface area contributed by atoms with Crippen LogP contribution in [-0.2, 0) is 4.79 Å². The van der Waals surface area contributed by atoms with Crippen LogP contribution in [0.25, 0.3) is 0 Å². The molecule has 0 unspecified atom stereocenters. The standard InChI is InChI=1S/C12H23N3O/c13-11-3-6-15(7-4-11)8-5-14-12(16)9-10-1-2-10/h10-11H,1-9,13H2,(H,14,16). The van der Waals surface area contributed by atoms with Crippen LogP contribution >= 0.6 is 0 Å². The molecule has 0 aromatic carbocycles. The van der Waals surface area contributed by atoms with E-state index >= 15 is 0 Å². The molecule has 1 aliphatic heterocycles. The van der Waals surface area contributed by atoms with E-state index in [0.29, 0.717) is 12.0 Å². The molecule has 4 heteroatoms. The minimum absolute atomic E-state index is 0.233. The van der Waals surface area contributed by atoms with E-state index in [2.05, 4.69) is 10.2 Å². The van der Waals surface area contributed by atoms with Gasteiger partial charge in [0.05, 0.1) is 0 Å². The molecular formula is C12H23N3O. The average Bonchev–Trinajstić information content (AvgIpc) is 3.05. The lowest BCUT2D eigenvalue weighted by Crippen LogP contribution is -2.43. The lowest BCUT2D eigenvalue weighted by Gasteiger charge is -2.29. The second-order valence-electron chi connectivity index (χ2n) is 5.18. The minimum Gasteiger partial charge on any atom is -0.355 e. The highest BCUT2D eigenvalue weighted by Crippen LogP contribution is 2.31. The summed E-state index contributed by atoms with van der Waals surface area (Å²) in [4.78, 5) is 13.8. The van der Waals surface area contributed by atoms with Crippen molar-refractivity contribution in [2.24, 2.45) is 11.7 Å². The van der Waals surface area contributed by atoms with Crippen LogP contribution in [-0.4, -0.2) is 43.0 Å². The third kappa shape index (κ3) is 4.10. The van der Waals surface area contributed by atoms with Crippen molar-refractivity contribution in [3.05, 3.63) is 0 Å². The Kier molecular flexibility index (Phi) is 4.18. The lowest BCUT2D eigenvalue weighted by molar-refractivity contribution is -0.121. The van der Waals surface area contributed by atoms with E-state index in [4.69, 9.17) is 5.73 Å². The highest BCUT2D eigenvalue weighted by Gasteiger charge is 2.24. The number of carbonyl (C=O) groups is 1. The summed E-state index contributed by atoms with van der Waals surface area (Å²) in [6.07, 6.45) is 5.42. The van der Waals surface area contributed by atoms with Crippen LogP contribution in [0.15, 0.2) is 0 Å². The molecule has 0 spiro atoms. The van der Waals surface area contributed by atoms with E-state index in [1.807, 2.05) is 0 Å². The summed E-state index contributed by atoms with van der Waals surface area (Å²) < 4.78 is 0. The molecule has 4 nitrogen and oxygen atoms in total. The SMILES string of the molecule is NC1CCN(CCNC(=O)CC2CC2)CC1. The monoisotopic (exact) mass is 225 g/mol. The zero-order valence-electron chi connectivity index (χ0n) is 9.95. The molecule has 1 amide bonds. The van der Waals surface area contributed by atoms with Gasteiger partial charge < -0.3 is 16.0 Å². The number of carbonyl (C=O) groups excluding carboxylic acids is 1. The number of amides is 1. The van der Waals surface area contributed by atoms with E-state index in [-0.39, 0.29) is 5.91 Å². The van der Waals surface area contributed by atoms with Gasteiger partial charge in [-0.3, -0.25) is 4.79 Å². The first kappa shape index (κ1) is 11.9. The molecule has 16 heavy (non-hydrogen) atoms. The van der Waals surface area contributed by atoms with Crippen molar-refractivity contribution in [1.29, 1.82) is 0 Å². The number of hydrogen-bond donors (Lipinski definition) is 2. The summed E-state index contributed by atoms with van der Waals surface area (Å²) in [6.45, 7) is 3.93. The second-order valence-corrected chi connectivity index (χ2v) is 5.18. The van der Waals surface area contributed by atoms with Gasteiger partial charge in [0.25, 0.3) is 0 Å². The van der Waals surface area contributed by atoms with Gasteiger partial charge in [-0.05, 0) is 44.7 Å². The number of nitrogens with two attached hydrogens (primary N) is 1. The third-order valence-electron chi connectivity index (χ3n) is 3.55. The molecule has 0 atom stereocenters. The summed E-state index contributed by atoms with van der Waals surface area (Å²) >= 11 is 0. The fourth-order valence-corrected chi connectivity index (χ4v) is 2.19. The Morgan fingerprint density at radius 1 is 1.25 bits per heavy atom. The predicted molar refractivity (Wildman–Crippen MR) is 64.0 cm³/mol. The quantitative estimate of drug-likeness (QED) is 0.709. The smallest absolute Gasteiger partial charge is 0.220 e. The Morgan fingerprint density at radius 2 is 1.94 bits per heavy atom. The number of likely N-dealkylation sites (tertiary alicyclic amines) is 1. The summed E-state index contributed by atoms with van der Waals surface area (Å²) in [6, 6.07) is 0.390. The van der Waals surface area contributed by atoms with Crippen LogP contribution in [0.4, 0.5) is 0 Å². The van der Waals surface area contributed by atoms with Crippen LogP contribution in [0.3, 0.4) is 0 Å². The summed E-state index contributed by atoms with van der Waals surface area (Å²) in [5.74, 6) is 0.921. The highest BCUT2D eigenvalue weighted by molar-refractivity contribution is 5.76. The zero-order valence-corrected chi connectivity index (χ0v) is 9.95. The Morgan fingerprint density at radius 3 is 2.56 bits per heavy atom. The number of nitrogens with one attached hydrogen (secondary N) is 1. The molecule has 0 aromatic heterocycles. The van der Waals surface area contributed by atoms with Gasteiger partial charge in [0.1, 0.15) is 0 Å². The third-order valence-corrected chi connectivity index (χ3v) is 3.55. The van der Waals surface area contributed by atoms with Gasteiger partial charge in [-0.2, -0.15) is 0 Å². The maximum Gasteiger partial charge on any atom is 0.220 e. The van der Waals surface area contributed by atoms with E-state index in [0.717, 1.165) is 45.4 Å². The van der Waals surface area contributed by atoms with Crippen LogP contribution in [0.1, 0.15) is 32.1 Å². The van der Waals surface area contributed by atoms with Crippen molar-refractivity contribution in [2.45, 2.75) is 38.1 Å². The number of nitrogens with zero attached hydrogens (tertiary/aromatic N) is 1. The van der Waals surface area contributed by atoms with Gasteiger partial charge in [0.15, 0.2) is 0 Å². The van der Waals surface area contributed by atoms with E-state index in [1.54, 1.807) is 0 Å². The summed E-state index contributed by atoms with van der Waals surface area (Å²) in [5, 5.41) is 3.00. The molecule has 0 aromatic rings. The normalized spacial score (nSPS) is 23.3. The topological polar surface area (TPSA) is 58.4 Å². The van der Waals surface area contributed by atoms with Gasteiger partial charge in [0, 0.05) is 25.6 Å². The van der Waals surface area contributed by atoms with Crippen molar-refractivity contribution >= 4 is 5.91 Å². The van der Waals surface area contributed by atoms with Crippen LogP contribution in [0.2, 0.25) is 0 Å². The Balaban J connectivity index is 1.51. The van der Waals surface area contributed by atoms with Gasteiger partial charge in [-0.1, -0.05) is 0 Å². The van der Waals surface area contributed by atoms with Crippen molar-refractivity contribution in [3.8, 4) is 0 Å². The zero-order chi connectivity index (χ0) is 11.4.